The van der Waals surface area contributed by atoms with E-state index in [0.717, 1.165) is 47.9 Å². The Labute approximate surface area is 146 Å². The molecule has 24 heavy (non-hydrogen) atoms. The third kappa shape index (κ3) is 4.68. The summed E-state index contributed by atoms with van der Waals surface area (Å²) in [7, 11) is 0. The second kappa shape index (κ2) is 8.11. The van der Waals surface area contributed by atoms with Gasteiger partial charge in [0.1, 0.15) is 12.4 Å². The van der Waals surface area contributed by atoms with Gasteiger partial charge in [0, 0.05) is 24.5 Å². The molecule has 0 aliphatic carbocycles. The molecule has 0 saturated carbocycles. The van der Waals surface area contributed by atoms with Crippen LogP contribution in [0, 0.1) is 6.92 Å². The molecule has 0 unspecified atom stereocenters. The van der Waals surface area contributed by atoms with Gasteiger partial charge in [-0.05, 0) is 50.0 Å². The van der Waals surface area contributed by atoms with Gasteiger partial charge in [0.15, 0.2) is 0 Å². The number of amides is 1. The lowest BCUT2D eigenvalue weighted by Gasteiger charge is -2.25. The summed E-state index contributed by atoms with van der Waals surface area (Å²) in [6, 6.07) is 7.76. The summed E-state index contributed by atoms with van der Waals surface area (Å²) in [4.78, 5) is 18.4. The number of ether oxygens (including phenoxy) is 1. The molecule has 1 aromatic heterocycles. The summed E-state index contributed by atoms with van der Waals surface area (Å²) in [6.45, 7) is 4.23. The molecular formula is C19H22N2O2S. The van der Waals surface area contributed by atoms with Crippen LogP contribution < -0.4 is 4.74 Å². The predicted octanol–water partition coefficient (Wildman–Crippen LogP) is 4.06. The fourth-order valence-corrected chi connectivity index (χ4v) is 3.29. The Morgan fingerprint density at radius 2 is 2.00 bits per heavy atom. The van der Waals surface area contributed by atoms with Gasteiger partial charge in [-0.3, -0.25) is 4.79 Å². The third-order valence-electron chi connectivity index (χ3n) is 4.02. The molecule has 1 amide bonds. The van der Waals surface area contributed by atoms with Crippen molar-refractivity contribution in [2.45, 2.75) is 32.8 Å². The standard InChI is InChI=1S/C19H22N2O2S/c1-15-20-17(14-24-15)13-23-18-8-5-16(6-9-18)7-10-19(22)21-11-3-2-4-12-21/h5-10,14H,2-4,11-13H2,1H3/b10-7+. The van der Waals surface area contributed by atoms with Gasteiger partial charge in [0.2, 0.25) is 5.91 Å². The first-order valence-electron chi connectivity index (χ1n) is 8.31. The minimum atomic E-state index is 0.105. The highest BCUT2D eigenvalue weighted by molar-refractivity contribution is 7.09. The van der Waals surface area contributed by atoms with Crippen molar-refractivity contribution >= 4 is 23.3 Å². The van der Waals surface area contributed by atoms with Gasteiger partial charge in [0.05, 0.1) is 10.7 Å². The number of aryl methyl sites for hydroxylation is 1. The van der Waals surface area contributed by atoms with Crippen molar-refractivity contribution in [2.24, 2.45) is 0 Å². The molecule has 0 bridgehead atoms. The lowest BCUT2D eigenvalue weighted by molar-refractivity contribution is -0.126. The van der Waals surface area contributed by atoms with Crippen LogP contribution in [0.15, 0.2) is 35.7 Å². The highest BCUT2D eigenvalue weighted by atomic mass is 32.1. The summed E-state index contributed by atoms with van der Waals surface area (Å²) in [6.07, 6.45) is 6.99. The molecule has 2 aromatic rings. The number of hydrogen-bond acceptors (Lipinski definition) is 4. The average molecular weight is 342 g/mol. The Morgan fingerprint density at radius 3 is 2.67 bits per heavy atom. The lowest BCUT2D eigenvalue weighted by atomic mass is 10.1. The predicted molar refractivity (Wildman–Crippen MR) is 97.1 cm³/mol. The second-order valence-electron chi connectivity index (χ2n) is 5.93. The highest BCUT2D eigenvalue weighted by Gasteiger charge is 2.13. The van der Waals surface area contributed by atoms with Gasteiger partial charge in [-0.2, -0.15) is 0 Å². The maximum absolute atomic E-state index is 12.1. The number of aromatic nitrogens is 1. The smallest absolute Gasteiger partial charge is 0.246 e. The molecule has 0 N–H and O–H groups in total. The van der Waals surface area contributed by atoms with Crippen LogP contribution in [0.4, 0.5) is 0 Å². The van der Waals surface area contributed by atoms with E-state index < -0.39 is 0 Å². The van der Waals surface area contributed by atoms with Gasteiger partial charge in [-0.1, -0.05) is 12.1 Å². The summed E-state index contributed by atoms with van der Waals surface area (Å²) >= 11 is 1.63. The molecule has 5 heteroatoms. The molecule has 2 heterocycles. The van der Waals surface area contributed by atoms with Gasteiger partial charge in [-0.15, -0.1) is 11.3 Å². The first kappa shape index (κ1) is 16.7. The molecule has 4 nitrogen and oxygen atoms in total. The maximum Gasteiger partial charge on any atom is 0.246 e. The zero-order valence-electron chi connectivity index (χ0n) is 13.9. The Kier molecular flexibility index (Phi) is 5.64. The van der Waals surface area contributed by atoms with Crippen LogP contribution in [0.25, 0.3) is 6.08 Å². The number of carbonyl (C=O) groups is 1. The van der Waals surface area contributed by atoms with E-state index >= 15 is 0 Å². The van der Waals surface area contributed by atoms with Crippen LogP contribution in [-0.4, -0.2) is 28.9 Å². The number of benzene rings is 1. The Hall–Kier alpha value is -2.14. The Bertz CT molecular complexity index is 700. The third-order valence-corrected chi connectivity index (χ3v) is 4.84. The molecule has 1 aromatic carbocycles. The second-order valence-corrected chi connectivity index (χ2v) is 7.00. The summed E-state index contributed by atoms with van der Waals surface area (Å²) in [5.74, 6) is 0.911. The fourth-order valence-electron chi connectivity index (χ4n) is 2.69. The van der Waals surface area contributed by atoms with Gasteiger partial charge < -0.3 is 9.64 Å². The van der Waals surface area contributed by atoms with Gasteiger partial charge in [0.25, 0.3) is 0 Å². The molecule has 0 atom stereocenters. The molecule has 0 spiro atoms. The first-order chi connectivity index (χ1) is 11.7. The normalized spacial score (nSPS) is 15.0. The van der Waals surface area contributed by atoms with Crippen molar-refractivity contribution in [3.05, 3.63) is 52.0 Å². The van der Waals surface area contributed by atoms with Gasteiger partial charge in [-0.25, -0.2) is 4.98 Å². The molecule has 1 aliphatic rings. The van der Waals surface area contributed by atoms with Crippen molar-refractivity contribution in [1.29, 1.82) is 0 Å². The number of rotatable bonds is 5. The topological polar surface area (TPSA) is 42.4 Å². The molecule has 3 rings (SSSR count). The average Bonchev–Trinajstić information content (AvgIpc) is 3.05. The van der Waals surface area contributed by atoms with Gasteiger partial charge >= 0.3 is 0 Å². The minimum Gasteiger partial charge on any atom is -0.487 e. The summed E-state index contributed by atoms with van der Waals surface area (Å²) in [5.41, 5.74) is 1.95. The summed E-state index contributed by atoms with van der Waals surface area (Å²) < 4.78 is 5.73. The molecule has 1 aliphatic heterocycles. The van der Waals surface area contributed by atoms with E-state index in [-0.39, 0.29) is 5.91 Å². The molecule has 126 valence electrons. The SMILES string of the molecule is Cc1nc(COc2ccc(/C=C/C(=O)N3CCCCC3)cc2)cs1. The van der Waals surface area contributed by atoms with Crippen LogP contribution >= 0.6 is 11.3 Å². The van der Waals surface area contributed by atoms with Crippen molar-refractivity contribution in [3.8, 4) is 5.75 Å². The largest absolute Gasteiger partial charge is 0.487 e. The zero-order valence-corrected chi connectivity index (χ0v) is 14.7. The molecule has 0 radical (unpaired) electrons. The van der Waals surface area contributed by atoms with Crippen LogP contribution in [-0.2, 0) is 11.4 Å². The van der Waals surface area contributed by atoms with E-state index in [9.17, 15) is 4.79 Å². The monoisotopic (exact) mass is 342 g/mol. The molecule has 1 fully saturated rings. The van der Waals surface area contributed by atoms with E-state index in [4.69, 9.17) is 4.74 Å². The minimum absolute atomic E-state index is 0.105. The van der Waals surface area contributed by atoms with E-state index in [2.05, 4.69) is 4.98 Å². The van der Waals surface area contributed by atoms with Crippen LogP contribution in [0.1, 0.15) is 35.5 Å². The summed E-state index contributed by atoms with van der Waals surface area (Å²) in [5, 5.41) is 3.06. The number of likely N-dealkylation sites (tertiary alicyclic amines) is 1. The molecular weight excluding hydrogens is 320 g/mol. The Morgan fingerprint density at radius 1 is 1.25 bits per heavy atom. The zero-order chi connectivity index (χ0) is 16.8. The van der Waals surface area contributed by atoms with Crippen molar-refractivity contribution in [2.75, 3.05) is 13.1 Å². The number of piperidine rings is 1. The molecule has 1 saturated heterocycles. The number of hydrogen-bond donors (Lipinski definition) is 0. The van der Waals surface area contributed by atoms with Crippen LogP contribution in [0.2, 0.25) is 0 Å². The maximum atomic E-state index is 12.1. The van der Waals surface area contributed by atoms with Crippen LogP contribution in [0.5, 0.6) is 5.75 Å². The number of carbonyl (C=O) groups excluding carboxylic acids is 1. The fraction of sp³-hybridized carbons (Fsp3) is 0.368. The number of nitrogens with zero attached hydrogens (tertiary/aromatic N) is 2. The van der Waals surface area contributed by atoms with E-state index in [0.29, 0.717) is 6.61 Å². The van der Waals surface area contributed by atoms with Crippen molar-refractivity contribution < 1.29 is 9.53 Å². The van der Waals surface area contributed by atoms with Crippen LogP contribution in [0.3, 0.4) is 0 Å². The Balaban J connectivity index is 1.52. The van der Waals surface area contributed by atoms with E-state index in [1.165, 1.54) is 6.42 Å². The first-order valence-corrected chi connectivity index (χ1v) is 9.19. The van der Waals surface area contributed by atoms with E-state index in [1.54, 1.807) is 17.4 Å². The highest BCUT2D eigenvalue weighted by Crippen LogP contribution is 2.16. The quantitative estimate of drug-likeness (QED) is 0.770. The van der Waals surface area contributed by atoms with Crippen molar-refractivity contribution in [3.63, 3.8) is 0 Å². The lowest BCUT2D eigenvalue weighted by Crippen LogP contribution is -2.34. The number of thiazole rings is 1. The van der Waals surface area contributed by atoms with Crippen molar-refractivity contribution in [1.82, 2.24) is 9.88 Å². The van der Waals surface area contributed by atoms with E-state index in [1.807, 2.05) is 47.5 Å².